The summed E-state index contributed by atoms with van der Waals surface area (Å²) in [5.41, 5.74) is -2.95. The van der Waals surface area contributed by atoms with Crippen molar-refractivity contribution in [3.63, 3.8) is 0 Å². The molecule has 0 aromatic heterocycles. The molecule has 0 aromatic carbocycles. The zero-order valence-electron chi connectivity index (χ0n) is 28.1. The molecule has 0 radical (unpaired) electrons. The zero-order chi connectivity index (χ0) is 36.4. The first-order valence-electron chi connectivity index (χ1n) is 18.4. The number of esters is 3. The van der Waals surface area contributed by atoms with Crippen molar-refractivity contribution in [3.05, 3.63) is 0 Å². The van der Waals surface area contributed by atoms with Crippen molar-refractivity contribution in [2.24, 2.45) is 52.3 Å². The summed E-state index contributed by atoms with van der Waals surface area (Å²) in [4.78, 5) is 65.7. The Morgan fingerprint density at radius 2 is 1.56 bits per heavy atom. The molecule has 1 N–H and O–H groups in total. The first-order chi connectivity index (χ1) is 24.5. The molecule has 1 spiro atoms. The Hall–Kier alpha value is -1.83. The van der Waals surface area contributed by atoms with E-state index in [0.29, 0.717) is 54.2 Å². The van der Waals surface area contributed by atoms with Crippen LogP contribution in [0, 0.1) is 52.3 Å². The molecule has 52 heavy (non-hydrogen) atoms. The molecule has 13 aliphatic rings. The van der Waals surface area contributed by atoms with Crippen molar-refractivity contribution < 1.29 is 90.6 Å². The Balaban J connectivity index is 0.878. The molecular weight excluding hydrogens is 825 g/mol. The number of carbonyl (C=O) groups excluding carboxylic acids is 5. The fourth-order valence-corrected chi connectivity index (χ4v) is 18.5. The third-order valence-corrected chi connectivity index (χ3v) is 19.6. The van der Waals surface area contributed by atoms with Gasteiger partial charge in [0.25, 0.3) is 0 Å². The van der Waals surface area contributed by atoms with Crippen LogP contribution >= 0.6 is 0 Å². The summed E-state index contributed by atoms with van der Waals surface area (Å²) in [5, 5.41) is -5.13. The molecule has 0 aromatic rings. The number of alkyl halides is 4. The average Bonchev–Trinajstić information content (AvgIpc) is 3.77. The van der Waals surface area contributed by atoms with E-state index in [1.54, 1.807) is 0 Å². The van der Waals surface area contributed by atoms with E-state index in [9.17, 15) is 41.2 Å². The molecule has 3 saturated heterocycles. The third-order valence-electron chi connectivity index (χ3n) is 14.9. The number of rotatable bonds is 9. The number of halogens is 3. The molecule has 15 atom stereocenters. The molecule has 3 aliphatic heterocycles. The van der Waals surface area contributed by atoms with Crippen LogP contribution in [0.15, 0.2) is 0 Å². The normalized spacial score (nSPS) is 50.3. The van der Waals surface area contributed by atoms with Crippen LogP contribution in [0.1, 0.15) is 77.0 Å². The van der Waals surface area contributed by atoms with Gasteiger partial charge in [-0.2, -0.15) is 17.2 Å². The second-order valence-electron chi connectivity index (χ2n) is 17.7. The maximum absolute atomic E-state index is 14.2. The van der Waals surface area contributed by atoms with Gasteiger partial charge in [-0.3, -0.25) is 9.35 Å². The van der Waals surface area contributed by atoms with E-state index in [1.807, 2.05) is 0 Å². The van der Waals surface area contributed by atoms with Crippen molar-refractivity contribution >= 4 is 39.6 Å². The molecule has 3 heterocycles. The van der Waals surface area contributed by atoms with Crippen molar-refractivity contribution in [3.8, 4) is 0 Å². The Labute approximate surface area is 308 Å². The molecule has 286 valence electrons. The first kappa shape index (κ1) is 34.6. The van der Waals surface area contributed by atoms with Crippen LogP contribution in [-0.4, -0.2) is 92.4 Å². The van der Waals surface area contributed by atoms with Crippen molar-refractivity contribution in [1.29, 1.82) is 0 Å². The second kappa shape index (κ2) is 10.9. The molecule has 13 rings (SSSR count). The fraction of sp³-hybridized carbons (Fsp3) is 0.857. The van der Waals surface area contributed by atoms with E-state index in [4.69, 9.17) is 28.2 Å². The molecule has 10 aliphatic carbocycles. The van der Waals surface area contributed by atoms with Gasteiger partial charge in [0.15, 0.2) is 0 Å². The molecule has 17 heteroatoms. The molecule has 14 unspecified atom stereocenters. The standard InChI is InChI=1S/C35H40F2IO13S/c36-35(37,52(44,45)46)30(43)51-32-7-16-3-19(9-32)34(22(16)11-32)49-24(13-47-28(41)31-6-18-4-20(10-31)38-23(12-31)27(18)40)25(50-34)14-48-29(42)33-5-15-1-17(8-33)26(39)21(33)2-15/h15-25H,1-14H2,(H,44,45,46)/q-1/t15?,16?,17-,18?,19?,20?,21?,22?,23?,24?,25?,31?,32?,33?,34?/m0/s1. The minimum absolute atomic E-state index is 0.0189. The predicted molar refractivity (Wildman–Crippen MR) is 162 cm³/mol. The third kappa shape index (κ3) is 4.63. The Morgan fingerprint density at radius 1 is 0.846 bits per heavy atom. The van der Waals surface area contributed by atoms with Gasteiger partial charge in [0.05, 0.1) is 0 Å². The summed E-state index contributed by atoms with van der Waals surface area (Å²) >= 11 is -0.299. The zero-order valence-corrected chi connectivity index (χ0v) is 31.1. The summed E-state index contributed by atoms with van der Waals surface area (Å²) in [6.07, 6.45) is 4.26. The summed E-state index contributed by atoms with van der Waals surface area (Å²) < 4.78 is 90.9. The number of Topliss-reactive ketones (excluding diaryl/α,β-unsaturated/α-hetero) is 2. The Kier molecular flexibility index (Phi) is 7.28. The number of carbonyl (C=O) groups is 5. The van der Waals surface area contributed by atoms with Crippen LogP contribution in [0.2, 0.25) is 0 Å². The quantitative estimate of drug-likeness (QED) is 0.102. The van der Waals surface area contributed by atoms with Gasteiger partial charge in [-0.05, 0) is 31.6 Å². The van der Waals surface area contributed by atoms with E-state index in [-0.39, 0.29) is 93.0 Å². The van der Waals surface area contributed by atoms with E-state index < -0.39 is 73.6 Å². The van der Waals surface area contributed by atoms with Crippen LogP contribution < -0.4 is 21.2 Å². The van der Waals surface area contributed by atoms with Crippen LogP contribution in [0.5, 0.6) is 0 Å². The minimum atomic E-state index is -6.05. The van der Waals surface area contributed by atoms with Crippen LogP contribution in [0.4, 0.5) is 8.78 Å². The van der Waals surface area contributed by atoms with Crippen LogP contribution in [-0.2, 0) is 57.8 Å². The van der Waals surface area contributed by atoms with E-state index in [1.165, 1.54) is 0 Å². The Bertz CT molecular complexity index is 1780. The van der Waals surface area contributed by atoms with E-state index in [0.717, 1.165) is 19.3 Å². The number of hydrogen-bond donors (Lipinski definition) is 1. The molecule has 13 fully saturated rings. The van der Waals surface area contributed by atoms with Crippen LogP contribution in [0.25, 0.3) is 0 Å². The van der Waals surface area contributed by atoms with E-state index in [2.05, 4.69) is 0 Å². The van der Waals surface area contributed by atoms with Crippen molar-refractivity contribution in [2.75, 3.05) is 13.2 Å². The summed E-state index contributed by atoms with van der Waals surface area (Å²) in [7, 11) is -6.05. The van der Waals surface area contributed by atoms with Gasteiger partial charge in [-0.15, -0.1) is 0 Å². The molecule has 12 bridgehead atoms. The molecule has 10 saturated carbocycles. The fourth-order valence-electron chi connectivity index (χ4n) is 13.1. The van der Waals surface area contributed by atoms with Crippen LogP contribution in [0.3, 0.4) is 0 Å². The van der Waals surface area contributed by atoms with E-state index >= 15 is 0 Å². The van der Waals surface area contributed by atoms with Crippen molar-refractivity contribution in [2.45, 2.75) is 114 Å². The molecule has 13 nitrogen and oxygen atoms in total. The topological polar surface area (TPSA) is 186 Å². The van der Waals surface area contributed by atoms with Gasteiger partial charge in [-0.25, -0.2) is 4.79 Å². The van der Waals surface area contributed by atoms with Gasteiger partial charge in [0, 0.05) is 11.8 Å². The monoisotopic (exact) mass is 865 g/mol. The van der Waals surface area contributed by atoms with Gasteiger partial charge < -0.3 is 4.74 Å². The van der Waals surface area contributed by atoms with Gasteiger partial charge in [0.1, 0.15) is 5.78 Å². The summed E-state index contributed by atoms with van der Waals surface area (Å²) in [5.74, 6) is -5.31. The maximum atomic E-state index is 14.2. The number of ether oxygens (including phenoxy) is 5. The first-order valence-corrected chi connectivity index (χ1v) is 22.4. The predicted octanol–water partition coefficient (Wildman–Crippen LogP) is -0.630. The number of hydrogen-bond acceptors (Lipinski definition) is 12. The second-order valence-corrected chi connectivity index (χ2v) is 23.1. The summed E-state index contributed by atoms with van der Waals surface area (Å²) in [6, 6.07) is 0. The SMILES string of the molecule is O=C1C2CC3CC(C(=O)OCC4OC5(OC4COC(=O)C46CC7CC4C(=O)[C@@H](C7)C6)C4CC6CC(OC(=O)C(F)(F)S(=O)(=O)O)(C4)CC65)(C2)CC1[I-]3. The van der Waals surface area contributed by atoms with Gasteiger partial charge in [0.2, 0.25) is 0 Å². The Morgan fingerprint density at radius 3 is 2.25 bits per heavy atom. The van der Waals surface area contributed by atoms with Gasteiger partial charge >= 0.3 is 224 Å². The average molecular weight is 866 g/mol. The molecule has 0 amide bonds. The number of ketones is 2. The van der Waals surface area contributed by atoms with Gasteiger partial charge in [-0.1, -0.05) is 0 Å². The summed E-state index contributed by atoms with van der Waals surface area (Å²) in [6.45, 7) is -0.420. The molecular formula is C35H40F2IO13S-. The van der Waals surface area contributed by atoms with Crippen molar-refractivity contribution in [1.82, 2.24) is 0 Å².